The van der Waals surface area contributed by atoms with E-state index in [1.165, 1.54) is 12.1 Å². The molecule has 1 heterocycles. The van der Waals surface area contributed by atoms with Crippen molar-refractivity contribution >= 4 is 5.91 Å². The number of aliphatic hydroxyl groups excluding tert-OH is 1. The molecule has 1 aliphatic heterocycles. The molecule has 1 saturated heterocycles. The van der Waals surface area contributed by atoms with Crippen molar-refractivity contribution in [2.75, 3.05) is 26.8 Å². The fraction of sp³-hybridized carbons (Fsp3) is 0.409. The topological polar surface area (TPSA) is 49.8 Å². The molecule has 1 fully saturated rings. The molecule has 2 aromatic rings. The number of benzene rings is 2. The molecule has 6 heteroatoms. The Kier molecular flexibility index (Phi) is 6.29. The molecule has 0 unspecified atom stereocenters. The Bertz CT molecular complexity index is 842. The lowest BCUT2D eigenvalue weighted by atomic mass is 9.75. The summed E-state index contributed by atoms with van der Waals surface area (Å²) in [5, 5.41) is 10.1. The predicted octanol–water partition coefficient (Wildman–Crippen LogP) is 3.36. The normalized spacial score (nSPS) is 19.5. The van der Waals surface area contributed by atoms with Crippen LogP contribution in [-0.2, 0) is 17.6 Å². The van der Waals surface area contributed by atoms with Gasteiger partial charge in [0.15, 0.2) is 0 Å². The van der Waals surface area contributed by atoms with Gasteiger partial charge in [-0.15, -0.1) is 0 Å². The first kappa shape index (κ1) is 20.3. The lowest BCUT2D eigenvalue weighted by molar-refractivity contribution is -0.134. The van der Waals surface area contributed by atoms with E-state index >= 15 is 0 Å². The van der Waals surface area contributed by atoms with Crippen molar-refractivity contribution in [3.05, 3.63) is 65.2 Å². The summed E-state index contributed by atoms with van der Waals surface area (Å²) in [6.07, 6.45) is 1.92. The molecule has 0 aromatic heterocycles. The van der Waals surface area contributed by atoms with Crippen LogP contribution in [0.25, 0.3) is 0 Å². The van der Waals surface area contributed by atoms with Gasteiger partial charge in [-0.2, -0.15) is 0 Å². The SMILES string of the molecule is COc1cccc(CC(=O)N2CCC[C@@](CO)(Cc3ccc(F)cc3F)C2)c1. The van der Waals surface area contributed by atoms with Crippen LogP contribution in [0.15, 0.2) is 42.5 Å². The molecule has 0 saturated carbocycles. The van der Waals surface area contributed by atoms with Gasteiger partial charge in [0.2, 0.25) is 5.91 Å². The van der Waals surface area contributed by atoms with Gasteiger partial charge in [-0.1, -0.05) is 18.2 Å². The van der Waals surface area contributed by atoms with Crippen molar-refractivity contribution in [3.63, 3.8) is 0 Å². The number of hydrogen-bond acceptors (Lipinski definition) is 3. The van der Waals surface area contributed by atoms with E-state index in [4.69, 9.17) is 4.74 Å². The first-order chi connectivity index (χ1) is 13.4. The van der Waals surface area contributed by atoms with Crippen molar-refractivity contribution in [2.24, 2.45) is 5.41 Å². The van der Waals surface area contributed by atoms with Gasteiger partial charge in [0.1, 0.15) is 17.4 Å². The van der Waals surface area contributed by atoms with Crippen molar-refractivity contribution in [1.82, 2.24) is 4.90 Å². The standard InChI is InChI=1S/C22H25F2NO3/c1-28-19-5-2-4-16(10-19)11-21(27)25-9-3-8-22(14-25,15-26)13-17-6-7-18(23)12-20(17)24/h2,4-7,10,12,26H,3,8-9,11,13-15H2,1H3/t22-/m1/s1. The summed E-state index contributed by atoms with van der Waals surface area (Å²) in [6.45, 7) is 0.798. The number of aliphatic hydroxyl groups is 1. The van der Waals surface area contributed by atoms with Gasteiger partial charge in [-0.25, -0.2) is 8.78 Å². The Labute approximate surface area is 163 Å². The molecule has 0 radical (unpaired) electrons. The van der Waals surface area contributed by atoms with Crippen LogP contribution >= 0.6 is 0 Å². The number of methoxy groups -OCH3 is 1. The number of piperidine rings is 1. The highest BCUT2D eigenvalue weighted by molar-refractivity contribution is 5.79. The summed E-state index contributed by atoms with van der Waals surface area (Å²) in [7, 11) is 1.58. The maximum absolute atomic E-state index is 14.1. The third-order valence-electron chi connectivity index (χ3n) is 5.42. The minimum Gasteiger partial charge on any atom is -0.497 e. The predicted molar refractivity (Wildman–Crippen MR) is 102 cm³/mol. The van der Waals surface area contributed by atoms with Gasteiger partial charge in [-0.05, 0) is 48.6 Å². The van der Waals surface area contributed by atoms with Crippen LogP contribution in [0.5, 0.6) is 5.75 Å². The van der Waals surface area contributed by atoms with Crippen LogP contribution < -0.4 is 4.74 Å². The number of halogens is 2. The summed E-state index contributed by atoms with van der Waals surface area (Å²) < 4.78 is 32.5. The Morgan fingerprint density at radius 3 is 2.79 bits per heavy atom. The van der Waals surface area contributed by atoms with Crippen LogP contribution in [0, 0.1) is 17.0 Å². The largest absolute Gasteiger partial charge is 0.497 e. The lowest BCUT2D eigenvalue weighted by Gasteiger charge is -2.42. The Morgan fingerprint density at radius 1 is 1.25 bits per heavy atom. The van der Waals surface area contributed by atoms with Gasteiger partial charge in [0, 0.05) is 24.6 Å². The molecule has 3 rings (SSSR count). The molecule has 4 nitrogen and oxygen atoms in total. The average molecular weight is 389 g/mol. The summed E-state index contributed by atoms with van der Waals surface area (Å²) in [4.78, 5) is 14.6. The number of carbonyl (C=O) groups excluding carboxylic acids is 1. The van der Waals surface area contributed by atoms with Gasteiger partial charge in [-0.3, -0.25) is 4.79 Å². The van der Waals surface area contributed by atoms with Crippen LogP contribution in [0.3, 0.4) is 0 Å². The molecule has 28 heavy (non-hydrogen) atoms. The monoisotopic (exact) mass is 389 g/mol. The molecule has 1 atom stereocenters. The highest BCUT2D eigenvalue weighted by Crippen LogP contribution is 2.34. The van der Waals surface area contributed by atoms with Crippen molar-refractivity contribution in [2.45, 2.75) is 25.7 Å². The van der Waals surface area contributed by atoms with Crippen LogP contribution in [0.2, 0.25) is 0 Å². The summed E-state index contributed by atoms with van der Waals surface area (Å²) >= 11 is 0. The Balaban J connectivity index is 1.72. The van der Waals surface area contributed by atoms with Crippen molar-refractivity contribution < 1.29 is 23.4 Å². The maximum Gasteiger partial charge on any atom is 0.227 e. The lowest BCUT2D eigenvalue weighted by Crippen LogP contribution is -2.49. The quantitative estimate of drug-likeness (QED) is 0.824. The zero-order valence-corrected chi connectivity index (χ0v) is 16.0. The van der Waals surface area contributed by atoms with E-state index in [1.807, 2.05) is 24.3 Å². The summed E-state index contributed by atoms with van der Waals surface area (Å²) in [5.41, 5.74) is 0.590. The molecule has 0 bridgehead atoms. The van der Waals surface area contributed by atoms with Crippen LogP contribution in [-0.4, -0.2) is 42.7 Å². The van der Waals surface area contributed by atoms with E-state index in [-0.39, 0.29) is 25.4 Å². The number of ether oxygens (including phenoxy) is 1. The number of amides is 1. The summed E-state index contributed by atoms with van der Waals surface area (Å²) in [6, 6.07) is 10.9. The van der Waals surface area contributed by atoms with Crippen molar-refractivity contribution in [3.8, 4) is 5.75 Å². The zero-order chi connectivity index (χ0) is 20.1. The van der Waals surface area contributed by atoms with E-state index in [0.29, 0.717) is 30.8 Å². The third kappa shape index (κ3) is 4.68. The van der Waals surface area contributed by atoms with E-state index < -0.39 is 17.0 Å². The van der Waals surface area contributed by atoms with Crippen LogP contribution in [0.4, 0.5) is 8.78 Å². The number of rotatable bonds is 6. The average Bonchev–Trinajstić information content (AvgIpc) is 2.70. The zero-order valence-electron chi connectivity index (χ0n) is 16.0. The van der Waals surface area contributed by atoms with Gasteiger partial charge < -0.3 is 14.7 Å². The smallest absolute Gasteiger partial charge is 0.227 e. The maximum atomic E-state index is 14.1. The highest BCUT2D eigenvalue weighted by atomic mass is 19.1. The minimum absolute atomic E-state index is 0.0367. The molecule has 0 aliphatic carbocycles. The summed E-state index contributed by atoms with van der Waals surface area (Å²) in [5.74, 6) is -0.587. The molecule has 0 spiro atoms. The molecule has 150 valence electrons. The number of carbonyl (C=O) groups is 1. The first-order valence-electron chi connectivity index (χ1n) is 9.40. The Morgan fingerprint density at radius 2 is 2.07 bits per heavy atom. The third-order valence-corrected chi connectivity index (χ3v) is 5.42. The second-order valence-corrected chi connectivity index (χ2v) is 7.52. The van der Waals surface area contributed by atoms with E-state index in [0.717, 1.165) is 18.1 Å². The molecule has 1 N–H and O–H groups in total. The van der Waals surface area contributed by atoms with Gasteiger partial charge in [0.05, 0.1) is 20.1 Å². The minimum atomic E-state index is -0.627. The van der Waals surface area contributed by atoms with Crippen LogP contribution in [0.1, 0.15) is 24.0 Å². The fourth-order valence-corrected chi connectivity index (χ4v) is 3.89. The second-order valence-electron chi connectivity index (χ2n) is 7.52. The fourth-order valence-electron chi connectivity index (χ4n) is 3.89. The molecular weight excluding hydrogens is 364 g/mol. The number of hydrogen-bond donors (Lipinski definition) is 1. The van der Waals surface area contributed by atoms with E-state index in [1.54, 1.807) is 12.0 Å². The molecular formula is C22H25F2NO3. The van der Waals surface area contributed by atoms with Crippen molar-refractivity contribution in [1.29, 1.82) is 0 Å². The van der Waals surface area contributed by atoms with Gasteiger partial charge in [0.25, 0.3) is 0 Å². The number of likely N-dealkylation sites (tertiary alicyclic amines) is 1. The first-order valence-corrected chi connectivity index (χ1v) is 9.40. The molecule has 1 aliphatic rings. The van der Waals surface area contributed by atoms with Gasteiger partial charge >= 0.3 is 0 Å². The molecule has 1 amide bonds. The van der Waals surface area contributed by atoms with E-state index in [9.17, 15) is 18.7 Å². The second kappa shape index (κ2) is 8.69. The van der Waals surface area contributed by atoms with E-state index in [2.05, 4.69) is 0 Å². The highest BCUT2D eigenvalue weighted by Gasteiger charge is 2.37. The Hall–Kier alpha value is -2.47. The number of nitrogens with zero attached hydrogens (tertiary/aromatic N) is 1. The molecule has 2 aromatic carbocycles.